The minimum Gasteiger partial charge on any atom is -0.466 e. The number of methoxy groups -OCH3 is 1. The van der Waals surface area contributed by atoms with E-state index in [-0.39, 0.29) is 6.61 Å². The second kappa shape index (κ2) is 9.66. The number of rotatable bonds is 10. The Kier molecular flexibility index (Phi) is 9.36. The second-order valence-electron chi connectivity index (χ2n) is 7.69. The molecule has 0 aromatic heterocycles. The summed E-state index contributed by atoms with van der Waals surface area (Å²) in [5, 5.41) is 0. The minimum atomic E-state index is -2.29. The molecule has 24 heavy (non-hydrogen) atoms. The molecule has 0 saturated carbocycles. The van der Waals surface area contributed by atoms with Gasteiger partial charge in [-0.15, -0.1) is 0 Å². The molecular weight excluding hydrogens is 360 g/mol. The molecule has 0 aliphatic heterocycles. The molecule has 0 spiro atoms. The summed E-state index contributed by atoms with van der Waals surface area (Å²) in [4.78, 5) is 22.4. The summed E-state index contributed by atoms with van der Waals surface area (Å²) < 4.78 is 22.3. The molecule has 0 unspecified atom stereocenters. The van der Waals surface area contributed by atoms with Gasteiger partial charge in [0, 0.05) is 12.2 Å². The maximum Gasteiger partial charge on any atom is 0.331 e. The zero-order chi connectivity index (χ0) is 19.0. The highest BCUT2D eigenvalue weighted by molar-refractivity contribution is 6.87. The summed E-state index contributed by atoms with van der Waals surface area (Å²) in [7, 11) is -4.47. The fourth-order valence-electron chi connectivity index (χ4n) is 2.24. The Labute approximate surface area is 149 Å². The Morgan fingerprint density at radius 3 is 1.71 bits per heavy atom. The molecule has 0 aromatic carbocycles. The minimum absolute atomic E-state index is 0.275. The Balaban J connectivity index is 4.50. The molecule has 0 N–H and O–H groups in total. The predicted octanol–water partition coefficient (Wildman–Crippen LogP) is 3.42. The average Bonchev–Trinajstić information content (AvgIpc) is 2.36. The SMILES string of the molecule is COC(=O)C=CC(=O)OCCC[Si](C)(O[Si](C)(C)C)O[Si](C)(C)C. The number of ether oxygens (including phenoxy) is 2. The summed E-state index contributed by atoms with van der Waals surface area (Å²) in [5.41, 5.74) is 0. The Morgan fingerprint density at radius 1 is 0.833 bits per heavy atom. The fourth-order valence-corrected chi connectivity index (χ4v) is 14.7. The highest BCUT2D eigenvalue weighted by Crippen LogP contribution is 2.25. The van der Waals surface area contributed by atoms with Crippen LogP contribution < -0.4 is 0 Å². The lowest BCUT2D eigenvalue weighted by Crippen LogP contribution is -2.52. The number of carbonyl (C=O) groups excluding carboxylic acids is 2. The van der Waals surface area contributed by atoms with E-state index in [2.05, 4.69) is 50.6 Å². The molecule has 6 nitrogen and oxygen atoms in total. The molecule has 0 heterocycles. The molecule has 0 aliphatic rings. The van der Waals surface area contributed by atoms with Crippen LogP contribution in [0.2, 0.25) is 51.9 Å². The molecule has 0 aromatic rings. The van der Waals surface area contributed by atoms with Crippen LogP contribution in [0.4, 0.5) is 0 Å². The van der Waals surface area contributed by atoms with Crippen LogP contribution >= 0.6 is 0 Å². The molecular formula is C15H32O6Si3. The van der Waals surface area contributed by atoms with E-state index in [1.165, 1.54) is 7.11 Å². The largest absolute Gasteiger partial charge is 0.466 e. The summed E-state index contributed by atoms with van der Waals surface area (Å²) in [6.45, 7) is 15.3. The smallest absolute Gasteiger partial charge is 0.331 e. The molecule has 0 aliphatic carbocycles. The quantitative estimate of drug-likeness (QED) is 0.245. The predicted molar refractivity (Wildman–Crippen MR) is 102 cm³/mol. The molecule has 0 rings (SSSR count). The first kappa shape index (κ1) is 23.3. The molecule has 0 amide bonds. The van der Waals surface area contributed by atoms with E-state index < -0.39 is 37.1 Å². The third-order valence-electron chi connectivity index (χ3n) is 2.62. The first-order valence-electron chi connectivity index (χ1n) is 8.09. The normalized spacial score (nSPS) is 13.2. The molecule has 0 radical (unpaired) electrons. The van der Waals surface area contributed by atoms with Gasteiger partial charge in [-0.2, -0.15) is 0 Å². The van der Waals surface area contributed by atoms with Crippen LogP contribution in [0.25, 0.3) is 0 Å². The van der Waals surface area contributed by atoms with E-state index in [1.807, 2.05) is 0 Å². The van der Waals surface area contributed by atoms with E-state index in [9.17, 15) is 9.59 Å². The van der Waals surface area contributed by atoms with Gasteiger partial charge in [0.2, 0.25) is 0 Å². The van der Waals surface area contributed by atoms with Gasteiger partial charge >= 0.3 is 20.5 Å². The Hall–Kier alpha value is -0.749. The highest BCUT2D eigenvalue weighted by atomic mass is 28.5. The van der Waals surface area contributed by atoms with Gasteiger partial charge in [0.15, 0.2) is 16.6 Å². The van der Waals surface area contributed by atoms with Crippen LogP contribution in [0.1, 0.15) is 6.42 Å². The van der Waals surface area contributed by atoms with Crippen LogP contribution in [-0.2, 0) is 27.3 Å². The first-order chi connectivity index (χ1) is 10.8. The summed E-state index contributed by atoms with van der Waals surface area (Å²) in [5.74, 6) is -1.14. The van der Waals surface area contributed by atoms with Crippen molar-refractivity contribution < 1.29 is 27.3 Å². The topological polar surface area (TPSA) is 71.1 Å². The van der Waals surface area contributed by atoms with E-state index in [4.69, 9.17) is 13.0 Å². The van der Waals surface area contributed by atoms with Gasteiger partial charge in [0.1, 0.15) is 0 Å². The van der Waals surface area contributed by atoms with E-state index in [1.54, 1.807) is 0 Å². The monoisotopic (exact) mass is 392 g/mol. The van der Waals surface area contributed by atoms with Crippen LogP contribution in [0, 0.1) is 0 Å². The number of esters is 2. The molecule has 9 heteroatoms. The van der Waals surface area contributed by atoms with Crippen LogP contribution in [0.3, 0.4) is 0 Å². The Morgan fingerprint density at radius 2 is 1.29 bits per heavy atom. The van der Waals surface area contributed by atoms with Gasteiger partial charge in [-0.25, -0.2) is 9.59 Å². The molecule has 140 valence electrons. The second-order valence-corrected chi connectivity index (χ2v) is 20.5. The highest BCUT2D eigenvalue weighted by Gasteiger charge is 2.39. The van der Waals surface area contributed by atoms with Crippen LogP contribution in [0.5, 0.6) is 0 Å². The third-order valence-corrected chi connectivity index (χ3v) is 12.2. The van der Waals surface area contributed by atoms with Crippen molar-refractivity contribution in [2.45, 2.75) is 58.3 Å². The van der Waals surface area contributed by atoms with Gasteiger partial charge in [0.25, 0.3) is 0 Å². The van der Waals surface area contributed by atoms with Crippen molar-refractivity contribution in [3.05, 3.63) is 12.2 Å². The van der Waals surface area contributed by atoms with Crippen molar-refractivity contribution in [3.8, 4) is 0 Å². The van der Waals surface area contributed by atoms with E-state index >= 15 is 0 Å². The van der Waals surface area contributed by atoms with Gasteiger partial charge in [-0.05, 0) is 58.3 Å². The van der Waals surface area contributed by atoms with Gasteiger partial charge in [-0.3, -0.25) is 0 Å². The molecule has 0 bridgehead atoms. The average molecular weight is 393 g/mol. The zero-order valence-corrected chi connectivity index (χ0v) is 19.2. The van der Waals surface area contributed by atoms with Gasteiger partial charge in [-0.1, -0.05) is 0 Å². The van der Waals surface area contributed by atoms with Gasteiger partial charge < -0.3 is 17.7 Å². The molecule has 0 fully saturated rings. The van der Waals surface area contributed by atoms with E-state index in [0.717, 1.165) is 18.2 Å². The standard InChI is InChI=1S/C15H32O6Si3/c1-18-14(16)10-11-15(17)19-12-9-13-24(8,20-22(2,3)4)21-23(5,6)7/h10-11H,9,12-13H2,1-8H3. The van der Waals surface area contributed by atoms with Crippen LogP contribution in [-0.4, -0.2) is 50.9 Å². The molecule has 0 atom stereocenters. The lowest BCUT2D eigenvalue weighted by Gasteiger charge is -2.38. The third kappa shape index (κ3) is 12.6. The van der Waals surface area contributed by atoms with Crippen molar-refractivity contribution in [3.63, 3.8) is 0 Å². The maximum absolute atomic E-state index is 11.5. The van der Waals surface area contributed by atoms with Crippen LogP contribution in [0.15, 0.2) is 12.2 Å². The summed E-state index contributed by atoms with van der Waals surface area (Å²) in [6, 6.07) is 0.773. The van der Waals surface area contributed by atoms with Crippen molar-refractivity contribution in [2.24, 2.45) is 0 Å². The number of hydrogen-bond acceptors (Lipinski definition) is 6. The van der Waals surface area contributed by atoms with Crippen molar-refractivity contribution >= 4 is 37.1 Å². The lowest BCUT2D eigenvalue weighted by molar-refractivity contribution is -0.139. The summed E-state index contributed by atoms with van der Waals surface area (Å²) >= 11 is 0. The van der Waals surface area contributed by atoms with Crippen molar-refractivity contribution in [1.82, 2.24) is 0 Å². The van der Waals surface area contributed by atoms with Gasteiger partial charge in [0.05, 0.1) is 13.7 Å². The zero-order valence-electron chi connectivity index (χ0n) is 16.2. The van der Waals surface area contributed by atoms with Crippen molar-refractivity contribution in [2.75, 3.05) is 13.7 Å². The van der Waals surface area contributed by atoms with E-state index in [0.29, 0.717) is 6.42 Å². The first-order valence-corrected chi connectivity index (χ1v) is 17.4. The number of hydrogen-bond donors (Lipinski definition) is 0. The fraction of sp³-hybridized carbons (Fsp3) is 0.733. The lowest BCUT2D eigenvalue weighted by atomic mass is 10.5. The molecule has 0 saturated heterocycles. The number of carbonyl (C=O) groups is 2. The van der Waals surface area contributed by atoms with Crippen molar-refractivity contribution in [1.29, 1.82) is 0 Å². The Bertz CT molecular complexity index is 435. The maximum atomic E-state index is 11.5. The summed E-state index contributed by atoms with van der Waals surface area (Å²) in [6.07, 6.45) is 2.79.